The summed E-state index contributed by atoms with van der Waals surface area (Å²) < 4.78 is 37.4. The fourth-order valence-corrected chi connectivity index (χ4v) is 2.43. The molecule has 5 nitrogen and oxygen atoms in total. The average Bonchev–Trinajstić information content (AvgIpc) is 2.59. The molecular formula is C17H15BrF3N3O2. The van der Waals surface area contributed by atoms with Gasteiger partial charge in [0.2, 0.25) is 5.91 Å². The van der Waals surface area contributed by atoms with Crippen LogP contribution in [-0.4, -0.2) is 31.1 Å². The lowest BCUT2D eigenvalue weighted by molar-refractivity contribution is -0.123. The highest BCUT2D eigenvalue weighted by Gasteiger charge is 2.28. The van der Waals surface area contributed by atoms with Crippen LogP contribution in [0.3, 0.4) is 0 Å². The Kier molecular flexibility index (Phi) is 6.62. The standard InChI is InChI=1S/C17H15BrF3N3O2/c18-12-6-2-4-8-14(12)24-15(25)9-22-13-7-3-1-5-11(13)16(26)23-10-17(19,20)21/h1-8,22H,9-10H2,(H,23,26)(H,24,25). The van der Waals surface area contributed by atoms with Crippen molar-refractivity contribution in [1.29, 1.82) is 0 Å². The molecule has 0 aliphatic heterocycles. The Morgan fingerprint density at radius 1 is 0.962 bits per heavy atom. The molecule has 0 unspecified atom stereocenters. The maximum Gasteiger partial charge on any atom is 0.405 e. The topological polar surface area (TPSA) is 70.2 Å². The largest absolute Gasteiger partial charge is 0.405 e. The lowest BCUT2D eigenvalue weighted by Crippen LogP contribution is -2.34. The van der Waals surface area contributed by atoms with E-state index in [1.54, 1.807) is 35.6 Å². The summed E-state index contributed by atoms with van der Waals surface area (Å²) in [6.45, 7) is -1.59. The van der Waals surface area contributed by atoms with E-state index in [0.717, 1.165) is 0 Å². The van der Waals surface area contributed by atoms with Crippen molar-refractivity contribution >= 4 is 39.1 Å². The first kappa shape index (κ1) is 19.8. The normalized spacial score (nSPS) is 10.9. The van der Waals surface area contributed by atoms with E-state index >= 15 is 0 Å². The quantitative estimate of drug-likeness (QED) is 0.653. The van der Waals surface area contributed by atoms with Crippen LogP contribution in [-0.2, 0) is 4.79 Å². The Bertz CT molecular complexity index is 797. The van der Waals surface area contributed by atoms with Crippen molar-refractivity contribution in [3.05, 3.63) is 58.6 Å². The summed E-state index contributed by atoms with van der Waals surface area (Å²) in [4.78, 5) is 24.0. The summed E-state index contributed by atoms with van der Waals surface area (Å²) in [7, 11) is 0. The number of halogens is 4. The molecule has 0 aliphatic carbocycles. The van der Waals surface area contributed by atoms with Gasteiger partial charge in [0.25, 0.3) is 5.91 Å². The van der Waals surface area contributed by atoms with Crippen molar-refractivity contribution in [3.63, 3.8) is 0 Å². The summed E-state index contributed by atoms with van der Waals surface area (Å²) in [6, 6.07) is 13.0. The average molecular weight is 430 g/mol. The zero-order chi connectivity index (χ0) is 19.2. The lowest BCUT2D eigenvalue weighted by Gasteiger charge is -2.13. The molecule has 0 atom stereocenters. The first-order valence-electron chi connectivity index (χ1n) is 7.48. The van der Waals surface area contributed by atoms with E-state index in [-0.39, 0.29) is 23.7 Å². The Hall–Kier alpha value is -2.55. The fourth-order valence-electron chi connectivity index (χ4n) is 2.04. The second-order valence-electron chi connectivity index (χ2n) is 5.23. The minimum atomic E-state index is -4.50. The van der Waals surface area contributed by atoms with Crippen molar-refractivity contribution < 1.29 is 22.8 Å². The van der Waals surface area contributed by atoms with Gasteiger partial charge in [0, 0.05) is 10.2 Å². The van der Waals surface area contributed by atoms with E-state index < -0.39 is 18.6 Å². The number of hydrogen-bond donors (Lipinski definition) is 3. The number of hydrogen-bond acceptors (Lipinski definition) is 3. The number of para-hydroxylation sites is 2. The Balaban J connectivity index is 1.98. The zero-order valence-electron chi connectivity index (χ0n) is 13.4. The van der Waals surface area contributed by atoms with Crippen LogP contribution in [0.25, 0.3) is 0 Å². The van der Waals surface area contributed by atoms with Gasteiger partial charge in [-0.25, -0.2) is 0 Å². The maximum absolute atomic E-state index is 12.2. The SMILES string of the molecule is O=C(CNc1ccccc1C(=O)NCC(F)(F)F)Nc1ccccc1Br. The van der Waals surface area contributed by atoms with Gasteiger partial charge in [-0.05, 0) is 40.2 Å². The van der Waals surface area contributed by atoms with Gasteiger partial charge in [-0.15, -0.1) is 0 Å². The predicted molar refractivity (Wildman–Crippen MR) is 96.1 cm³/mol. The smallest absolute Gasteiger partial charge is 0.376 e. The summed E-state index contributed by atoms with van der Waals surface area (Å²) in [6.07, 6.45) is -4.50. The highest BCUT2D eigenvalue weighted by Crippen LogP contribution is 2.21. The van der Waals surface area contributed by atoms with Crippen LogP contribution in [0.15, 0.2) is 53.0 Å². The number of rotatable bonds is 6. The number of carbonyl (C=O) groups is 2. The van der Waals surface area contributed by atoms with E-state index in [4.69, 9.17) is 0 Å². The third-order valence-electron chi connectivity index (χ3n) is 3.21. The van der Waals surface area contributed by atoms with Crippen LogP contribution in [0, 0.1) is 0 Å². The van der Waals surface area contributed by atoms with Gasteiger partial charge in [-0.1, -0.05) is 24.3 Å². The van der Waals surface area contributed by atoms with Crippen molar-refractivity contribution in [2.75, 3.05) is 23.7 Å². The molecule has 2 aromatic rings. The molecular weight excluding hydrogens is 415 g/mol. The molecule has 2 amide bonds. The van der Waals surface area contributed by atoms with Crippen LogP contribution < -0.4 is 16.0 Å². The number of anilines is 2. The molecule has 3 N–H and O–H groups in total. The molecule has 0 saturated carbocycles. The van der Waals surface area contributed by atoms with Gasteiger partial charge in [0.15, 0.2) is 0 Å². The monoisotopic (exact) mass is 429 g/mol. The number of alkyl halides is 3. The Labute approximate surface area is 156 Å². The Morgan fingerprint density at radius 2 is 1.58 bits per heavy atom. The van der Waals surface area contributed by atoms with Gasteiger partial charge in [-0.2, -0.15) is 13.2 Å². The third-order valence-corrected chi connectivity index (χ3v) is 3.90. The van der Waals surface area contributed by atoms with Crippen LogP contribution in [0.4, 0.5) is 24.5 Å². The van der Waals surface area contributed by atoms with Crippen molar-refractivity contribution in [2.45, 2.75) is 6.18 Å². The summed E-state index contributed by atoms with van der Waals surface area (Å²) in [5, 5.41) is 7.24. The first-order valence-corrected chi connectivity index (χ1v) is 8.28. The van der Waals surface area contributed by atoms with Crippen LogP contribution in [0.1, 0.15) is 10.4 Å². The molecule has 0 aliphatic rings. The van der Waals surface area contributed by atoms with E-state index in [1.807, 2.05) is 0 Å². The van der Waals surface area contributed by atoms with Crippen LogP contribution in [0.2, 0.25) is 0 Å². The van der Waals surface area contributed by atoms with E-state index in [9.17, 15) is 22.8 Å². The molecule has 0 bridgehead atoms. The highest BCUT2D eigenvalue weighted by atomic mass is 79.9. The van der Waals surface area contributed by atoms with E-state index in [2.05, 4.69) is 26.6 Å². The van der Waals surface area contributed by atoms with E-state index in [1.165, 1.54) is 18.2 Å². The molecule has 2 rings (SSSR count). The molecule has 0 aromatic heterocycles. The number of benzene rings is 2. The summed E-state index contributed by atoms with van der Waals surface area (Å²) in [5.41, 5.74) is 0.857. The number of carbonyl (C=O) groups excluding carboxylic acids is 2. The van der Waals surface area contributed by atoms with Crippen molar-refractivity contribution in [2.24, 2.45) is 0 Å². The van der Waals surface area contributed by atoms with Gasteiger partial charge in [0.05, 0.1) is 17.8 Å². The minimum Gasteiger partial charge on any atom is -0.376 e. The fraction of sp³-hybridized carbons (Fsp3) is 0.176. The Morgan fingerprint density at radius 3 is 2.23 bits per heavy atom. The molecule has 138 valence electrons. The molecule has 2 aromatic carbocycles. The molecule has 0 spiro atoms. The van der Waals surface area contributed by atoms with Crippen LogP contribution in [0.5, 0.6) is 0 Å². The molecule has 9 heteroatoms. The molecule has 0 heterocycles. The number of amides is 2. The molecule has 26 heavy (non-hydrogen) atoms. The second-order valence-corrected chi connectivity index (χ2v) is 6.08. The van der Waals surface area contributed by atoms with Crippen molar-refractivity contribution in [1.82, 2.24) is 5.32 Å². The molecule has 0 radical (unpaired) electrons. The first-order chi connectivity index (χ1) is 12.3. The number of nitrogens with one attached hydrogen (secondary N) is 3. The van der Waals surface area contributed by atoms with Gasteiger partial charge in [0.1, 0.15) is 6.54 Å². The van der Waals surface area contributed by atoms with E-state index in [0.29, 0.717) is 10.2 Å². The third kappa shape index (κ3) is 6.07. The lowest BCUT2D eigenvalue weighted by atomic mass is 10.1. The molecule has 0 fully saturated rings. The predicted octanol–water partition coefficient (Wildman–Crippen LogP) is 3.79. The zero-order valence-corrected chi connectivity index (χ0v) is 14.9. The summed E-state index contributed by atoms with van der Waals surface area (Å²) >= 11 is 3.30. The van der Waals surface area contributed by atoms with Gasteiger partial charge >= 0.3 is 6.18 Å². The molecule has 0 saturated heterocycles. The maximum atomic E-state index is 12.2. The van der Waals surface area contributed by atoms with Crippen LogP contribution >= 0.6 is 15.9 Å². The van der Waals surface area contributed by atoms with Crippen molar-refractivity contribution in [3.8, 4) is 0 Å². The van der Waals surface area contributed by atoms with Gasteiger partial charge in [-0.3, -0.25) is 9.59 Å². The minimum absolute atomic E-state index is 0.0189. The summed E-state index contributed by atoms with van der Waals surface area (Å²) in [5.74, 6) is -1.25. The second kappa shape index (κ2) is 8.70. The van der Waals surface area contributed by atoms with Gasteiger partial charge < -0.3 is 16.0 Å². The highest BCUT2D eigenvalue weighted by molar-refractivity contribution is 9.10.